The number of allylic oxidation sites excluding steroid dienone is 3. The Kier molecular flexibility index (Phi) is 4.85. The molecule has 4 rings (SSSR count). The Hall–Kier alpha value is -2.46. The minimum atomic E-state index is -0.0660. The first-order valence-electron chi connectivity index (χ1n) is 8.77. The number of Topliss-reactive ketones (excluding diaryl/α,β-unsaturated/α-hetero) is 1. The quantitative estimate of drug-likeness (QED) is 0.723. The molecular weight excluding hydrogens is 344 g/mol. The Morgan fingerprint density at radius 2 is 1.81 bits per heavy atom. The smallest absolute Gasteiger partial charge is 0.163 e. The molecule has 26 heavy (non-hydrogen) atoms. The average molecular weight is 364 g/mol. The summed E-state index contributed by atoms with van der Waals surface area (Å²) in [7, 11) is 1.66. The zero-order chi connectivity index (χ0) is 17.9. The molecule has 2 aliphatic rings. The molecule has 0 spiro atoms. The molecule has 0 radical (unpaired) electrons. The number of hydrogen-bond acceptors (Lipinski definition) is 4. The van der Waals surface area contributed by atoms with Crippen molar-refractivity contribution in [3.63, 3.8) is 0 Å². The maximum Gasteiger partial charge on any atom is 0.163 e. The van der Waals surface area contributed by atoms with Crippen molar-refractivity contribution in [2.45, 2.75) is 30.1 Å². The van der Waals surface area contributed by atoms with E-state index in [9.17, 15) is 4.79 Å². The summed E-state index contributed by atoms with van der Waals surface area (Å²) in [6.45, 7) is 0. The third kappa shape index (κ3) is 3.42. The third-order valence-corrected chi connectivity index (χ3v) is 5.61. The van der Waals surface area contributed by atoms with E-state index in [0.717, 1.165) is 45.5 Å². The molecule has 2 aromatic carbocycles. The molecule has 3 nitrogen and oxygen atoms in total. The lowest BCUT2D eigenvalue weighted by molar-refractivity contribution is -0.116. The predicted molar refractivity (Wildman–Crippen MR) is 103 cm³/mol. The van der Waals surface area contributed by atoms with Crippen LogP contribution in [-0.4, -0.2) is 12.9 Å². The van der Waals surface area contributed by atoms with Crippen LogP contribution in [-0.2, 0) is 9.53 Å². The van der Waals surface area contributed by atoms with Gasteiger partial charge in [-0.05, 0) is 42.3 Å². The zero-order valence-electron chi connectivity index (χ0n) is 14.6. The van der Waals surface area contributed by atoms with Gasteiger partial charge < -0.3 is 9.47 Å². The van der Waals surface area contributed by atoms with Gasteiger partial charge in [-0.25, -0.2) is 0 Å². The second-order valence-corrected chi connectivity index (χ2v) is 7.45. The SMILES string of the molecule is COc1ccc(C2C=C(Sc3ccccc3)OC3=C2C(=O)CCC3)cc1. The van der Waals surface area contributed by atoms with E-state index in [1.165, 1.54) is 0 Å². The highest BCUT2D eigenvalue weighted by Crippen LogP contribution is 2.44. The molecule has 132 valence electrons. The third-order valence-electron chi connectivity index (χ3n) is 4.68. The van der Waals surface area contributed by atoms with Crippen LogP contribution in [0.3, 0.4) is 0 Å². The van der Waals surface area contributed by atoms with E-state index in [0.29, 0.717) is 6.42 Å². The van der Waals surface area contributed by atoms with Gasteiger partial charge in [0, 0.05) is 29.2 Å². The van der Waals surface area contributed by atoms with E-state index < -0.39 is 0 Å². The van der Waals surface area contributed by atoms with E-state index in [1.807, 2.05) is 42.5 Å². The highest BCUT2D eigenvalue weighted by Gasteiger charge is 2.33. The van der Waals surface area contributed by atoms with Crippen molar-refractivity contribution in [1.82, 2.24) is 0 Å². The van der Waals surface area contributed by atoms with Crippen LogP contribution in [0.5, 0.6) is 5.75 Å². The standard InChI is InChI=1S/C22H20O3S/c1-24-16-12-10-15(11-13-16)18-14-21(26-17-6-3-2-4-7-17)25-20-9-5-8-19(23)22(18)20/h2-4,6-7,10-14,18H,5,8-9H2,1H3. The van der Waals surface area contributed by atoms with Crippen molar-refractivity contribution in [3.8, 4) is 5.75 Å². The highest BCUT2D eigenvalue weighted by molar-refractivity contribution is 8.02. The van der Waals surface area contributed by atoms with Crippen molar-refractivity contribution in [2.75, 3.05) is 7.11 Å². The fourth-order valence-electron chi connectivity index (χ4n) is 3.40. The molecule has 1 aliphatic carbocycles. The number of hydrogen-bond donors (Lipinski definition) is 0. The Morgan fingerprint density at radius 3 is 2.54 bits per heavy atom. The number of carbonyl (C=O) groups is 1. The van der Waals surface area contributed by atoms with Gasteiger partial charge in [-0.1, -0.05) is 42.1 Å². The summed E-state index contributed by atoms with van der Waals surface area (Å²) in [6.07, 6.45) is 4.35. The van der Waals surface area contributed by atoms with Gasteiger partial charge in [-0.3, -0.25) is 4.79 Å². The summed E-state index contributed by atoms with van der Waals surface area (Å²) in [5.74, 6) is 1.78. The Balaban J connectivity index is 1.70. The van der Waals surface area contributed by atoms with Gasteiger partial charge in [0.1, 0.15) is 11.5 Å². The minimum absolute atomic E-state index is 0.0660. The molecule has 0 saturated heterocycles. The molecule has 0 N–H and O–H groups in total. The van der Waals surface area contributed by atoms with Gasteiger partial charge >= 0.3 is 0 Å². The van der Waals surface area contributed by atoms with E-state index >= 15 is 0 Å². The van der Waals surface area contributed by atoms with Crippen LogP contribution in [0.4, 0.5) is 0 Å². The van der Waals surface area contributed by atoms with E-state index in [2.05, 4.69) is 18.2 Å². The molecule has 0 aromatic heterocycles. The Labute approximate surface area is 157 Å². The zero-order valence-corrected chi connectivity index (χ0v) is 15.4. The summed E-state index contributed by atoms with van der Waals surface area (Å²) in [6, 6.07) is 18.1. The van der Waals surface area contributed by atoms with Crippen molar-refractivity contribution in [2.24, 2.45) is 0 Å². The summed E-state index contributed by atoms with van der Waals surface area (Å²) in [4.78, 5) is 13.7. The number of thioether (sulfide) groups is 1. The summed E-state index contributed by atoms with van der Waals surface area (Å²) >= 11 is 1.60. The van der Waals surface area contributed by atoms with Gasteiger partial charge in [0.2, 0.25) is 0 Å². The van der Waals surface area contributed by atoms with Crippen LogP contribution in [0.15, 0.2) is 82.0 Å². The summed E-state index contributed by atoms with van der Waals surface area (Å²) in [5, 5.41) is 0.838. The maximum absolute atomic E-state index is 12.6. The second-order valence-electron chi connectivity index (χ2n) is 6.37. The lowest BCUT2D eigenvalue weighted by Crippen LogP contribution is -2.21. The maximum atomic E-state index is 12.6. The lowest BCUT2D eigenvalue weighted by atomic mass is 9.82. The molecular formula is C22H20O3S. The van der Waals surface area contributed by atoms with Crippen LogP contribution in [0.25, 0.3) is 0 Å². The fraction of sp³-hybridized carbons (Fsp3) is 0.227. The average Bonchev–Trinajstić information content (AvgIpc) is 2.68. The number of benzene rings is 2. The summed E-state index contributed by atoms with van der Waals surface area (Å²) < 4.78 is 11.4. The molecule has 0 bridgehead atoms. The second kappa shape index (κ2) is 7.42. The van der Waals surface area contributed by atoms with E-state index in [4.69, 9.17) is 9.47 Å². The van der Waals surface area contributed by atoms with Gasteiger partial charge in [-0.2, -0.15) is 0 Å². The van der Waals surface area contributed by atoms with Crippen molar-refractivity contribution < 1.29 is 14.3 Å². The summed E-state index contributed by atoms with van der Waals surface area (Å²) in [5.41, 5.74) is 1.90. The normalized spacial score (nSPS) is 19.5. The first kappa shape index (κ1) is 17.0. The largest absolute Gasteiger partial charge is 0.497 e. The van der Waals surface area contributed by atoms with Crippen LogP contribution in [0.1, 0.15) is 30.7 Å². The molecule has 0 amide bonds. The van der Waals surface area contributed by atoms with Crippen LogP contribution in [0.2, 0.25) is 0 Å². The van der Waals surface area contributed by atoms with Gasteiger partial charge in [0.15, 0.2) is 10.9 Å². The van der Waals surface area contributed by atoms with E-state index in [1.54, 1.807) is 18.9 Å². The Morgan fingerprint density at radius 1 is 1.04 bits per heavy atom. The molecule has 4 heteroatoms. The molecule has 0 saturated carbocycles. The highest BCUT2D eigenvalue weighted by atomic mass is 32.2. The monoisotopic (exact) mass is 364 g/mol. The molecule has 1 atom stereocenters. The molecule has 0 fully saturated rings. The van der Waals surface area contributed by atoms with Crippen molar-refractivity contribution >= 4 is 17.5 Å². The van der Waals surface area contributed by atoms with Crippen LogP contribution < -0.4 is 4.74 Å². The minimum Gasteiger partial charge on any atom is -0.497 e. The number of ether oxygens (including phenoxy) is 2. The predicted octanol–water partition coefficient (Wildman–Crippen LogP) is 5.45. The molecule has 2 aromatic rings. The number of methoxy groups -OCH3 is 1. The van der Waals surface area contributed by atoms with Crippen LogP contribution >= 0.6 is 11.8 Å². The number of rotatable bonds is 4. The topological polar surface area (TPSA) is 35.5 Å². The number of ketones is 1. The first-order valence-corrected chi connectivity index (χ1v) is 9.59. The molecule has 1 aliphatic heterocycles. The Bertz CT molecular complexity index is 866. The van der Waals surface area contributed by atoms with Crippen molar-refractivity contribution in [1.29, 1.82) is 0 Å². The van der Waals surface area contributed by atoms with E-state index in [-0.39, 0.29) is 11.7 Å². The molecule has 1 heterocycles. The van der Waals surface area contributed by atoms with Gasteiger partial charge in [0.05, 0.1) is 7.11 Å². The first-order chi connectivity index (χ1) is 12.7. The number of carbonyl (C=O) groups excluding carboxylic acids is 1. The van der Waals surface area contributed by atoms with Crippen molar-refractivity contribution in [3.05, 3.63) is 82.7 Å². The lowest BCUT2D eigenvalue weighted by Gasteiger charge is -2.30. The van der Waals surface area contributed by atoms with Crippen LogP contribution in [0, 0.1) is 0 Å². The van der Waals surface area contributed by atoms with Gasteiger partial charge in [0.25, 0.3) is 0 Å². The molecule has 1 unspecified atom stereocenters. The van der Waals surface area contributed by atoms with Gasteiger partial charge in [-0.15, -0.1) is 0 Å². The fourth-order valence-corrected chi connectivity index (χ4v) is 4.27.